The normalized spacial score (nSPS) is 10.2. The fourth-order valence-corrected chi connectivity index (χ4v) is 0. The number of rotatable bonds is 1. The van der Waals surface area contributed by atoms with Gasteiger partial charge < -0.3 is 15.5 Å². The molecule has 1 unspecified atom stereocenters. The topological polar surface area (TPSA) is 100 Å². The zero-order valence-electron chi connectivity index (χ0n) is 4.84. The molecule has 0 bridgehead atoms. The van der Waals surface area contributed by atoms with Crippen molar-refractivity contribution in [3.05, 3.63) is 0 Å². The molecule has 0 aliphatic rings. The molecular weight excluding hydrogens is 172 g/mol. The summed E-state index contributed by atoms with van der Waals surface area (Å²) in [4.78, 5) is 0. The van der Waals surface area contributed by atoms with Crippen LogP contribution in [0.4, 0.5) is 0 Å². The van der Waals surface area contributed by atoms with E-state index in [2.05, 4.69) is 0 Å². The summed E-state index contributed by atoms with van der Waals surface area (Å²) in [5.74, 6) is 0. The molecule has 0 aliphatic heterocycles. The molecule has 6 heteroatoms. The van der Waals surface area contributed by atoms with Gasteiger partial charge in [-0.05, 0) is 13.8 Å². The fraction of sp³-hybridized carbons (Fsp3) is 1.00. The molecule has 5 N–H and O–H groups in total. The number of hydrogen-bond acceptors (Lipinski definition) is 1. The standard InChI is InChI=1S/C3H8O2S.Ca.2H2O.2H/c1-3(2)6(4)5;;;;;/h3H,1-2H3,(H,4,5);;2*1H2;;. The Morgan fingerprint density at radius 2 is 1.44 bits per heavy atom. The molecule has 0 saturated carbocycles. The van der Waals surface area contributed by atoms with Gasteiger partial charge in [0.25, 0.3) is 0 Å². The second kappa shape index (κ2) is 12.0. The van der Waals surface area contributed by atoms with Crippen molar-refractivity contribution in [2.75, 3.05) is 0 Å². The fourth-order valence-electron chi connectivity index (χ4n) is 0. The third-order valence-corrected chi connectivity index (χ3v) is 1.21. The molecule has 0 spiro atoms. The van der Waals surface area contributed by atoms with Gasteiger partial charge in [0.2, 0.25) is 0 Å². The maximum absolute atomic E-state index is 9.81. The van der Waals surface area contributed by atoms with Crippen LogP contribution in [0.3, 0.4) is 0 Å². The first-order valence-electron chi connectivity index (χ1n) is 1.74. The zero-order chi connectivity index (χ0) is 5.15. The summed E-state index contributed by atoms with van der Waals surface area (Å²) in [6.45, 7) is 3.38. The van der Waals surface area contributed by atoms with Crippen LogP contribution in [0.25, 0.3) is 0 Å². The van der Waals surface area contributed by atoms with Crippen LogP contribution in [-0.4, -0.2) is 62.7 Å². The maximum atomic E-state index is 9.81. The average Bonchev–Trinajstić information content (AvgIpc) is 1.36. The Morgan fingerprint density at radius 3 is 1.44 bits per heavy atom. The Kier molecular flexibility index (Phi) is 30.0. The van der Waals surface area contributed by atoms with Crippen LogP contribution in [0.2, 0.25) is 0 Å². The molecule has 0 aromatic rings. The van der Waals surface area contributed by atoms with Crippen molar-refractivity contribution in [3.8, 4) is 0 Å². The molecular formula is C3H14CaO4S. The predicted octanol–water partition coefficient (Wildman–Crippen LogP) is -1.95. The van der Waals surface area contributed by atoms with Gasteiger partial charge in [-0.1, -0.05) is 0 Å². The molecule has 0 aromatic heterocycles. The second-order valence-electron chi connectivity index (χ2n) is 1.32. The van der Waals surface area contributed by atoms with Gasteiger partial charge >= 0.3 is 37.7 Å². The summed E-state index contributed by atoms with van der Waals surface area (Å²) in [6, 6.07) is 0. The van der Waals surface area contributed by atoms with Crippen LogP contribution in [0.5, 0.6) is 0 Å². The van der Waals surface area contributed by atoms with Crippen molar-refractivity contribution in [1.29, 1.82) is 0 Å². The second-order valence-corrected chi connectivity index (χ2v) is 2.82. The van der Waals surface area contributed by atoms with Crippen molar-refractivity contribution < 1.29 is 19.7 Å². The molecule has 0 amide bonds. The van der Waals surface area contributed by atoms with Gasteiger partial charge in [-0.15, -0.1) is 0 Å². The van der Waals surface area contributed by atoms with E-state index in [1.165, 1.54) is 0 Å². The molecule has 58 valence electrons. The quantitative estimate of drug-likeness (QED) is 0.380. The molecule has 9 heavy (non-hydrogen) atoms. The van der Waals surface area contributed by atoms with E-state index in [-0.39, 0.29) is 53.9 Å². The Bertz CT molecular complexity index is 66.8. The summed E-state index contributed by atoms with van der Waals surface area (Å²) in [5, 5.41) is -0.120. The van der Waals surface area contributed by atoms with E-state index in [1.807, 2.05) is 0 Å². The minimum absolute atomic E-state index is 0. The Hall–Kier alpha value is 1.29. The summed E-state index contributed by atoms with van der Waals surface area (Å²) in [7, 11) is 0. The third-order valence-electron chi connectivity index (χ3n) is 0.403. The van der Waals surface area contributed by atoms with Gasteiger partial charge in [0, 0.05) is 0 Å². The molecule has 0 aliphatic carbocycles. The monoisotopic (exact) mass is 186 g/mol. The van der Waals surface area contributed by atoms with E-state index in [4.69, 9.17) is 4.55 Å². The van der Waals surface area contributed by atoms with Crippen molar-refractivity contribution in [2.45, 2.75) is 19.1 Å². The molecule has 0 aromatic carbocycles. The van der Waals surface area contributed by atoms with E-state index in [0.717, 1.165) is 0 Å². The summed E-state index contributed by atoms with van der Waals surface area (Å²) in [6.07, 6.45) is 0. The van der Waals surface area contributed by atoms with Gasteiger partial charge in [-0.25, -0.2) is 4.21 Å². The average molecular weight is 186 g/mol. The van der Waals surface area contributed by atoms with Gasteiger partial charge in [-0.3, -0.25) is 0 Å². The van der Waals surface area contributed by atoms with E-state index < -0.39 is 11.1 Å². The Morgan fingerprint density at radius 1 is 1.33 bits per heavy atom. The molecule has 0 heterocycles. The molecule has 0 fully saturated rings. The first-order chi connectivity index (χ1) is 2.64. The first-order valence-corrected chi connectivity index (χ1v) is 2.91. The van der Waals surface area contributed by atoms with Gasteiger partial charge in [0.05, 0.1) is 5.25 Å². The summed E-state index contributed by atoms with van der Waals surface area (Å²) < 4.78 is 17.9. The summed E-state index contributed by atoms with van der Waals surface area (Å²) in [5.41, 5.74) is 0. The van der Waals surface area contributed by atoms with Crippen LogP contribution >= 0.6 is 0 Å². The predicted molar refractivity (Wildman–Crippen MR) is 41.7 cm³/mol. The van der Waals surface area contributed by atoms with E-state index in [0.29, 0.717) is 0 Å². The first kappa shape index (κ1) is 22.4. The third kappa shape index (κ3) is 17.6. The minimum atomic E-state index is -1.62. The van der Waals surface area contributed by atoms with Gasteiger partial charge in [0.1, 0.15) is 0 Å². The van der Waals surface area contributed by atoms with Gasteiger partial charge in [-0.2, -0.15) is 0 Å². The van der Waals surface area contributed by atoms with Crippen LogP contribution < -0.4 is 0 Å². The Balaban J connectivity index is -0.0000000417. The van der Waals surface area contributed by atoms with Crippen molar-refractivity contribution >= 4 is 48.8 Å². The van der Waals surface area contributed by atoms with Crippen LogP contribution in [0.15, 0.2) is 0 Å². The Labute approximate surface area is 86.9 Å². The van der Waals surface area contributed by atoms with E-state index in [9.17, 15) is 4.21 Å². The van der Waals surface area contributed by atoms with Crippen molar-refractivity contribution in [3.63, 3.8) is 0 Å². The van der Waals surface area contributed by atoms with Crippen molar-refractivity contribution in [1.82, 2.24) is 0 Å². The number of hydrogen-bond donors (Lipinski definition) is 1. The molecule has 0 saturated heterocycles. The van der Waals surface area contributed by atoms with Crippen molar-refractivity contribution in [2.24, 2.45) is 0 Å². The summed E-state index contributed by atoms with van der Waals surface area (Å²) >= 11 is -1.62. The van der Waals surface area contributed by atoms with E-state index in [1.54, 1.807) is 13.8 Å². The molecule has 4 nitrogen and oxygen atoms in total. The molecule has 0 rings (SSSR count). The van der Waals surface area contributed by atoms with Gasteiger partial charge in [0.15, 0.2) is 11.1 Å². The van der Waals surface area contributed by atoms with E-state index >= 15 is 0 Å². The molecule has 1 atom stereocenters. The SMILES string of the molecule is CC(C)S(=O)O.O.O.[CaH2]. The van der Waals surface area contributed by atoms with Crippen LogP contribution in [0, 0.1) is 0 Å². The van der Waals surface area contributed by atoms with Crippen LogP contribution in [0.1, 0.15) is 13.8 Å². The van der Waals surface area contributed by atoms with Crippen LogP contribution in [-0.2, 0) is 11.1 Å². The zero-order valence-corrected chi connectivity index (χ0v) is 5.66. The molecule has 0 radical (unpaired) electrons.